The number of aliphatic imine (C=N–C) groups is 2. The molecular weight excluding hydrogens is 256 g/mol. The van der Waals surface area contributed by atoms with Crippen molar-refractivity contribution < 1.29 is 4.79 Å². The molecule has 1 aliphatic heterocycles. The molecule has 7 nitrogen and oxygen atoms in total. The fourth-order valence-corrected chi connectivity index (χ4v) is 2.08. The quantitative estimate of drug-likeness (QED) is 0.436. The van der Waals surface area contributed by atoms with Crippen molar-refractivity contribution in [2.75, 3.05) is 5.32 Å². The number of benzene rings is 1. The first-order chi connectivity index (χ1) is 9.29. The van der Waals surface area contributed by atoms with E-state index in [0.29, 0.717) is 12.1 Å². The SMILES string of the molecule is CC1(C)Cc2c(N=C(N)N=C(N)N)cccc2NC1=O. The molecule has 0 radical (unpaired) electrons. The Morgan fingerprint density at radius 1 is 1.30 bits per heavy atom. The van der Waals surface area contributed by atoms with E-state index >= 15 is 0 Å². The minimum absolute atomic E-state index is 0.0108. The van der Waals surface area contributed by atoms with Crippen molar-refractivity contribution in [3.63, 3.8) is 0 Å². The molecule has 20 heavy (non-hydrogen) atoms. The first-order valence-corrected chi connectivity index (χ1v) is 6.17. The highest BCUT2D eigenvalue weighted by atomic mass is 16.2. The van der Waals surface area contributed by atoms with Gasteiger partial charge in [0, 0.05) is 16.7 Å². The van der Waals surface area contributed by atoms with E-state index in [1.807, 2.05) is 26.0 Å². The number of nitrogens with zero attached hydrogens (tertiary/aromatic N) is 2. The number of anilines is 1. The van der Waals surface area contributed by atoms with Crippen LogP contribution < -0.4 is 22.5 Å². The summed E-state index contributed by atoms with van der Waals surface area (Å²) in [5.74, 6) is -0.180. The van der Waals surface area contributed by atoms with Crippen molar-refractivity contribution in [1.29, 1.82) is 0 Å². The Morgan fingerprint density at radius 2 is 2.00 bits per heavy atom. The Hall–Kier alpha value is -2.57. The van der Waals surface area contributed by atoms with Crippen molar-refractivity contribution >= 4 is 29.2 Å². The molecule has 0 saturated heterocycles. The third-order valence-corrected chi connectivity index (χ3v) is 3.11. The van der Waals surface area contributed by atoms with Crippen molar-refractivity contribution in [1.82, 2.24) is 0 Å². The molecule has 0 atom stereocenters. The van der Waals surface area contributed by atoms with E-state index in [0.717, 1.165) is 11.3 Å². The van der Waals surface area contributed by atoms with Crippen molar-refractivity contribution in [2.24, 2.45) is 32.6 Å². The van der Waals surface area contributed by atoms with E-state index < -0.39 is 5.41 Å². The first kappa shape index (κ1) is 13.9. The van der Waals surface area contributed by atoms with Gasteiger partial charge in [-0.1, -0.05) is 19.9 Å². The summed E-state index contributed by atoms with van der Waals surface area (Å²) < 4.78 is 0. The maximum atomic E-state index is 11.9. The van der Waals surface area contributed by atoms with Crippen LogP contribution in [0.2, 0.25) is 0 Å². The van der Waals surface area contributed by atoms with E-state index in [4.69, 9.17) is 17.2 Å². The minimum Gasteiger partial charge on any atom is -0.370 e. The monoisotopic (exact) mass is 274 g/mol. The summed E-state index contributed by atoms with van der Waals surface area (Å²) in [6.07, 6.45) is 0.572. The standard InChI is InChI=1S/C13H18N6O/c1-13(2)6-7-8(17-10(13)20)4-3-5-9(7)18-12(16)19-11(14)15/h3-5H,6H2,1-2H3,(H,17,20)(H6,14,15,16,18,19). The Labute approximate surface area is 117 Å². The predicted molar refractivity (Wildman–Crippen MR) is 79.6 cm³/mol. The van der Waals surface area contributed by atoms with Gasteiger partial charge in [0.25, 0.3) is 0 Å². The molecule has 1 aromatic carbocycles. The lowest BCUT2D eigenvalue weighted by Gasteiger charge is -2.31. The molecule has 1 amide bonds. The van der Waals surface area contributed by atoms with Crippen LogP contribution in [0.3, 0.4) is 0 Å². The van der Waals surface area contributed by atoms with Crippen LogP contribution in [0.25, 0.3) is 0 Å². The third kappa shape index (κ3) is 2.71. The van der Waals surface area contributed by atoms with E-state index in [2.05, 4.69) is 15.3 Å². The number of hydrogen-bond donors (Lipinski definition) is 4. The Balaban J connectivity index is 2.46. The average molecular weight is 274 g/mol. The molecule has 0 bridgehead atoms. The molecule has 0 saturated carbocycles. The maximum absolute atomic E-state index is 11.9. The minimum atomic E-state index is -0.496. The normalized spacial score (nSPS) is 17.1. The summed E-state index contributed by atoms with van der Waals surface area (Å²) in [4.78, 5) is 19.8. The Bertz CT molecular complexity index is 613. The lowest BCUT2D eigenvalue weighted by molar-refractivity contribution is -0.124. The molecule has 0 fully saturated rings. The number of amides is 1. The molecule has 0 unspecified atom stereocenters. The molecule has 1 aliphatic rings. The van der Waals surface area contributed by atoms with Crippen molar-refractivity contribution in [3.05, 3.63) is 23.8 Å². The first-order valence-electron chi connectivity index (χ1n) is 6.17. The molecule has 106 valence electrons. The van der Waals surface area contributed by atoms with Gasteiger partial charge in [-0.25, -0.2) is 4.99 Å². The molecule has 0 spiro atoms. The Kier molecular flexibility index (Phi) is 3.35. The molecule has 0 aliphatic carbocycles. The number of hydrogen-bond acceptors (Lipinski definition) is 2. The van der Waals surface area contributed by atoms with E-state index in [1.54, 1.807) is 6.07 Å². The number of fused-ring (bicyclic) bond motifs is 1. The van der Waals surface area contributed by atoms with Gasteiger partial charge in [-0.15, -0.1) is 0 Å². The summed E-state index contributed by atoms with van der Waals surface area (Å²) in [6.45, 7) is 3.76. The average Bonchev–Trinajstić information content (AvgIpc) is 2.30. The molecule has 1 heterocycles. The van der Waals surface area contributed by atoms with E-state index in [-0.39, 0.29) is 17.8 Å². The molecular formula is C13H18N6O. The topological polar surface area (TPSA) is 132 Å². The van der Waals surface area contributed by atoms with Gasteiger partial charge >= 0.3 is 0 Å². The van der Waals surface area contributed by atoms with Crippen molar-refractivity contribution in [3.8, 4) is 0 Å². The zero-order chi connectivity index (χ0) is 14.9. The van der Waals surface area contributed by atoms with Crippen LogP contribution in [-0.2, 0) is 11.2 Å². The lowest BCUT2D eigenvalue weighted by Crippen LogP contribution is -2.37. The zero-order valence-corrected chi connectivity index (χ0v) is 11.5. The highest BCUT2D eigenvalue weighted by molar-refractivity contribution is 5.99. The summed E-state index contributed by atoms with van der Waals surface area (Å²) in [7, 11) is 0. The summed E-state index contributed by atoms with van der Waals surface area (Å²) in [6, 6.07) is 5.43. The number of guanidine groups is 2. The van der Waals surface area contributed by atoms with Gasteiger partial charge in [-0.2, -0.15) is 4.99 Å². The number of carbonyl (C=O) groups is 1. The van der Waals surface area contributed by atoms with E-state index in [1.165, 1.54) is 0 Å². The van der Waals surface area contributed by atoms with Crippen molar-refractivity contribution in [2.45, 2.75) is 20.3 Å². The van der Waals surface area contributed by atoms with Crippen LogP contribution in [0.5, 0.6) is 0 Å². The summed E-state index contributed by atoms with van der Waals surface area (Å²) in [5.41, 5.74) is 18.0. The van der Waals surface area contributed by atoms with Gasteiger partial charge in [0.2, 0.25) is 11.9 Å². The second-order valence-electron chi connectivity index (χ2n) is 5.32. The number of rotatable bonds is 1. The van der Waals surface area contributed by atoms with Crippen LogP contribution in [0.15, 0.2) is 28.2 Å². The third-order valence-electron chi connectivity index (χ3n) is 3.11. The second-order valence-corrected chi connectivity index (χ2v) is 5.32. The van der Waals surface area contributed by atoms with Gasteiger partial charge in [-0.3, -0.25) is 4.79 Å². The van der Waals surface area contributed by atoms with Crippen LogP contribution in [0.4, 0.5) is 11.4 Å². The largest absolute Gasteiger partial charge is 0.370 e. The van der Waals surface area contributed by atoms with Gasteiger partial charge in [-0.05, 0) is 18.6 Å². The summed E-state index contributed by atoms with van der Waals surface area (Å²) >= 11 is 0. The highest BCUT2D eigenvalue weighted by Gasteiger charge is 2.34. The maximum Gasteiger partial charge on any atom is 0.230 e. The molecule has 7 N–H and O–H groups in total. The van der Waals surface area contributed by atoms with Crippen LogP contribution in [-0.4, -0.2) is 17.8 Å². The van der Waals surface area contributed by atoms with Crippen LogP contribution in [0.1, 0.15) is 19.4 Å². The lowest BCUT2D eigenvalue weighted by atomic mass is 9.81. The van der Waals surface area contributed by atoms with Gasteiger partial charge < -0.3 is 22.5 Å². The number of carbonyl (C=O) groups excluding carboxylic acids is 1. The summed E-state index contributed by atoms with van der Waals surface area (Å²) in [5, 5.41) is 2.87. The molecule has 7 heteroatoms. The smallest absolute Gasteiger partial charge is 0.230 e. The number of nitrogens with one attached hydrogen (secondary N) is 1. The fourth-order valence-electron chi connectivity index (χ4n) is 2.08. The number of nitrogens with two attached hydrogens (primary N) is 3. The van der Waals surface area contributed by atoms with Crippen LogP contribution >= 0.6 is 0 Å². The van der Waals surface area contributed by atoms with Crippen LogP contribution in [0, 0.1) is 5.41 Å². The van der Waals surface area contributed by atoms with Gasteiger partial charge in [0.05, 0.1) is 5.69 Å². The fraction of sp³-hybridized carbons (Fsp3) is 0.308. The molecule has 2 rings (SSSR count). The van der Waals surface area contributed by atoms with E-state index in [9.17, 15) is 4.79 Å². The Morgan fingerprint density at radius 3 is 2.65 bits per heavy atom. The predicted octanol–water partition coefficient (Wildman–Crippen LogP) is 0.427. The zero-order valence-electron chi connectivity index (χ0n) is 11.5. The molecule has 0 aromatic heterocycles. The molecule has 1 aromatic rings. The van der Waals surface area contributed by atoms with Gasteiger partial charge in [0.15, 0.2) is 5.96 Å². The highest BCUT2D eigenvalue weighted by Crippen LogP contribution is 2.38. The van der Waals surface area contributed by atoms with Gasteiger partial charge in [0.1, 0.15) is 0 Å². The second kappa shape index (κ2) is 4.84.